The Kier molecular flexibility index (Phi) is 4.89. The zero-order chi connectivity index (χ0) is 20.4. The lowest BCUT2D eigenvalue weighted by Crippen LogP contribution is -2.41. The van der Waals surface area contributed by atoms with Crippen molar-refractivity contribution >= 4 is 5.91 Å². The van der Waals surface area contributed by atoms with E-state index in [-0.39, 0.29) is 5.91 Å². The molecule has 5 rings (SSSR count). The van der Waals surface area contributed by atoms with E-state index in [0.29, 0.717) is 44.2 Å². The molecule has 2 aliphatic heterocycles. The smallest absolute Gasteiger partial charge is 0.305 e. The van der Waals surface area contributed by atoms with Gasteiger partial charge in [-0.3, -0.25) is 4.79 Å². The summed E-state index contributed by atoms with van der Waals surface area (Å²) in [5.41, 5.74) is 2.74. The number of morpholine rings is 1. The normalized spacial score (nSPS) is 17.0. The maximum atomic E-state index is 12.6. The Labute approximate surface area is 175 Å². The Bertz CT molecular complexity index is 990. The van der Waals surface area contributed by atoms with Crippen LogP contribution in [0.5, 0.6) is 11.5 Å². The monoisotopic (exact) mass is 401 g/mol. The molecule has 0 bridgehead atoms. The second-order valence-corrected chi connectivity index (χ2v) is 7.50. The van der Waals surface area contributed by atoms with Gasteiger partial charge in [0.15, 0.2) is 11.5 Å². The van der Waals surface area contributed by atoms with Crippen LogP contribution < -0.4 is 9.47 Å². The minimum absolute atomic E-state index is 0.106. The van der Waals surface area contributed by atoms with Crippen LogP contribution in [0.4, 0.5) is 0 Å². The highest BCUT2D eigenvalue weighted by atomic mass is 16.7. The maximum absolute atomic E-state index is 12.6. The second kappa shape index (κ2) is 7.84. The molecular formula is C25H23NO4. The third kappa shape index (κ3) is 3.42. The molecule has 3 aromatic carbocycles. The third-order valence-corrected chi connectivity index (χ3v) is 5.54. The van der Waals surface area contributed by atoms with Crippen molar-refractivity contribution < 1.29 is 19.0 Å². The summed E-state index contributed by atoms with van der Waals surface area (Å²) >= 11 is 0. The number of benzene rings is 3. The predicted molar refractivity (Wildman–Crippen MR) is 112 cm³/mol. The second-order valence-electron chi connectivity index (χ2n) is 7.50. The van der Waals surface area contributed by atoms with Gasteiger partial charge < -0.3 is 19.1 Å². The highest BCUT2D eigenvalue weighted by Crippen LogP contribution is 2.47. The molecule has 2 heterocycles. The number of carbonyl (C=O) groups is 1. The molecule has 3 aromatic rings. The molecule has 1 saturated heterocycles. The summed E-state index contributed by atoms with van der Waals surface area (Å²) < 4.78 is 18.2. The number of nitrogens with zero attached hydrogens (tertiary/aromatic N) is 1. The van der Waals surface area contributed by atoms with Crippen molar-refractivity contribution in [3.8, 4) is 11.5 Å². The summed E-state index contributed by atoms with van der Waals surface area (Å²) in [6.07, 6.45) is 0.334. The van der Waals surface area contributed by atoms with E-state index in [0.717, 1.165) is 16.7 Å². The fourth-order valence-corrected chi connectivity index (χ4v) is 3.97. The molecule has 152 valence electrons. The van der Waals surface area contributed by atoms with E-state index in [1.54, 1.807) is 0 Å². The van der Waals surface area contributed by atoms with E-state index < -0.39 is 5.79 Å². The van der Waals surface area contributed by atoms with Crippen LogP contribution in [-0.4, -0.2) is 37.1 Å². The van der Waals surface area contributed by atoms with Gasteiger partial charge in [0, 0.05) is 24.2 Å². The Morgan fingerprint density at radius 1 is 0.800 bits per heavy atom. The Hall–Kier alpha value is -3.31. The summed E-state index contributed by atoms with van der Waals surface area (Å²) in [6.45, 7) is 2.50. The molecule has 0 saturated carbocycles. The van der Waals surface area contributed by atoms with E-state index in [2.05, 4.69) is 0 Å². The molecule has 0 spiro atoms. The highest BCUT2D eigenvalue weighted by molar-refractivity contribution is 5.79. The van der Waals surface area contributed by atoms with Gasteiger partial charge in [0.05, 0.1) is 19.6 Å². The molecule has 0 aromatic heterocycles. The minimum Gasteiger partial charge on any atom is -0.440 e. The first-order valence-electron chi connectivity index (χ1n) is 10.2. The number of carbonyl (C=O) groups excluding carboxylic acids is 1. The van der Waals surface area contributed by atoms with Crippen molar-refractivity contribution in [1.82, 2.24) is 4.90 Å². The van der Waals surface area contributed by atoms with Crippen LogP contribution in [-0.2, 0) is 21.7 Å². The molecule has 0 unspecified atom stereocenters. The quantitative estimate of drug-likeness (QED) is 0.668. The molecule has 1 amide bonds. The fourth-order valence-electron chi connectivity index (χ4n) is 3.97. The first kappa shape index (κ1) is 18.7. The molecule has 0 aliphatic carbocycles. The molecule has 2 aliphatic rings. The van der Waals surface area contributed by atoms with Crippen molar-refractivity contribution in [1.29, 1.82) is 0 Å². The summed E-state index contributed by atoms with van der Waals surface area (Å²) in [5.74, 6) is 0.382. The molecule has 5 heteroatoms. The molecule has 0 radical (unpaired) electrons. The minimum atomic E-state index is -1.04. The van der Waals surface area contributed by atoms with Crippen molar-refractivity contribution in [3.05, 3.63) is 95.6 Å². The molecule has 1 fully saturated rings. The van der Waals surface area contributed by atoms with Crippen LogP contribution in [0, 0.1) is 0 Å². The van der Waals surface area contributed by atoms with E-state index >= 15 is 0 Å². The summed E-state index contributed by atoms with van der Waals surface area (Å²) in [5, 5.41) is 0. The molecule has 0 N–H and O–H groups in total. The van der Waals surface area contributed by atoms with Crippen LogP contribution in [0.25, 0.3) is 0 Å². The lowest BCUT2D eigenvalue weighted by Gasteiger charge is -2.28. The number of ether oxygens (including phenoxy) is 3. The first-order chi connectivity index (χ1) is 14.7. The van der Waals surface area contributed by atoms with Crippen molar-refractivity contribution in [2.75, 3.05) is 26.3 Å². The number of hydrogen-bond donors (Lipinski definition) is 0. The van der Waals surface area contributed by atoms with Crippen molar-refractivity contribution in [2.24, 2.45) is 0 Å². The summed E-state index contributed by atoms with van der Waals surface area (Å²) in [4.78, 5) is 14.5. The van der Waals surface area contributed by atoms with Gasteiger partial charge in [-0.15, -0.1) is 0 Å². The average Bonchev–Trinajstić information content (AvgIpc) is 3.21. The molecular weight excluding hydrogens is 378 g/mol. The standard InChI is InChI=1S/C25H23NO4/c27-24(26-13-15-28-16-14-26)18-19-11-12-22-23(17-19)30-25(29-22,20-7-3-1-4-8-20)21-9-5-2-6-10-21/h1-12,17H,13-16,18H2. The lowest BCUT2D eigenvalue weighted by atomic mass is 9.97. The summed E-state index contributed by atoms with van der Waals surface area (Å²) in [7, 11) is 0. The van der Waals surface area contributed by atoms with Crippen LogP contribution in [0.1, 0.15) is 16.7 Å². The first-order valence-corrected chi connectivity index (χ1v) is 10.2. The van der Waals surface area contributed by atoms with Gasteiger partial charge in [-0.05, 0) is 17.7 Å². The van der Waals surface area contributed by atoms with Gasteiger partial charge in [0.2, 0.25) is 5.91 Å². The van der Waals surface area contributed by atoms with E-state index in [1.165, 1.54) is 0 Å². The maximum Gasteiger partial charge on any atom is 0.305 e. The number of fused-ring (bicyclic) bond motifs is 1. The van der Waals surface area contributed by atoms with Crippen LogP contribution >= 0.6 is 0 Å². The topological polar surface area (TPSA) is 48.0 Å². The van der Waals surface area contributed by atoms with E-state index in [1.807, 2.05) is 83.8 Å². The molecule has 0 atom stereocenters. The van der Waals surface area contributed by atoms with Gasteiger partial charge in [-0.25, -0.2) is 0 Å². The average molecular weight is 401 g/mol. The Balaban J connectivity index is 1.44. The van der Waals surface area contributed by atoms with Crippen molar-refractivity contribution in [3.63, 3.8) is 0 Å². The van der Waals surface area contributed by atoms with Gasteiger partial charge in [-0.2, -0.15) is 0 Å². The number of amides is 1. The van der Waals surface area contributed by atoms with E-state index in [9.17, 15) is 4.79 Å². The van der Waals surface area contributed by atoms with Gasteiger partial charge in [0.1, 0.15) is 0 Å². The van der Waals surface area contributed by atoms with Crippen molar-refractivity contribution in [2.45, 2.75) is 12.2 Å². The zero-order valence-electron chi connectivity index (χ0n) is 16.6. The van der Waals surface area contributed by atoms with Crippen LogP contribution in [0.15, 0.2) is 78.9 Å². The zero-order valence-corrected chi connectivity index (χ0v) is 16.6. The van der Waals surface area contributed by atoms with E-state index in [4.69, 9.17) is 14.2 Å². The number of hydrogen-bond acceptors (Lipinski definition) is 4. The third-order valence-electron chi connectivity index (χ3n) is 5.54. The van der Waals surface area contributed by atoms with Crippen LogP contribution in [0.2, 0.25) is 0 Å². The predicted octanol–water partition coefficient (Wildman–Crippen LogP) is 3.76. The van der Waals surface area contributed by atoms with Gasteiger partial charge >= 0.3 is 5.79 Å². The Morgan fingerprint density at radius 3 is 2.03 bits per heavy atom. The lowest BCUT2D eigenvalue weighted by molar-refractivity contribution is -0.134. The van der Waals surface area contributed by atoms with Gasteiger partial charge in [-0.1, -0.05) is 66.7 Å². The molecule has 5 nitrogen and oxygen atoms in total. The van der Waals surface area contributed by atoms with Gasteiger partial charge in [0.25, 0.3) is 0 Å². The highest BCUT2D eigenvalue weighted by Gasteiger charge is 2.45. The van der Waals surface area contributed by atoms with Crippen LogP contribution in [0.3, 0.4) is 0 Å². The SMILES string of the molecule is O=C(Cc1ccc2c(c1)OC(c1ccccc1)(c1ccccc1)O2)N1CCOCC1. The largest absolute Gasteiger partial charge is 0.440 e. The number of rotatable bonds is 4. The summed E-state index contributed by atoms with van der Waals surface area (Å²) in [6, 6.07) is 25.6. The molecule has 30 heavy (non-hydrogen) atoms. The Morgan fingerprint density at radius 2 is 1.40 bits per heavy atom. The fraction of sp³-hybridized carbons (Fsp3) is 0.240.